The highest BCUT2D eigenvalue weighted by molar-refractivity contribution is 5.69. The highest BCUT2D eigenvalue weighted by Crippen LogP contribution is 2.27. The van der Waals surface area contributed by atoms with Crippen LogP contribution in [-0.2, 0) is 41.6 Å². The molecule has 1 aromatic heterocycles. The van der Waals surface area contributed by atoms with Crippen molar-refractivity contribution in [3.63, 3.8) is 0 Å². The number of esters is 2. The van der Waals surface area contributed by atoms with E-state index in [2.05, 4.69) is 12.3 Å². The third-order valence-corrected chi connectivity index (χ3v) is 5.60. The first-order valence-corrected chi connectivity index (χ1v) is 10.9. The standard InChI is InChI=1S/C22H29N3O9/c1-4-7-23-18(28)24(8-5-16(26)33-14-21(2)10-31-11-21)20(30)25(19(23)29)9-6-17(27)34-15-22(3)12-32-13-22/h7H,1,5-6,8-15H2,2-3H3. The SMILES string of the molecule is C=C=Cn1c(=O)n(CCC(=O)OCC2(C)COC2)c(=O)n(CCC(=O)OCC2(C)COC2)c1=O. The number of ether oxygens (including phenoxy) is 4. The van der Waals surface area contributed by atoms with Gasteiger partial charge in [0.25, 0.3) is 0 Å². The Hall–Kier alpha value is -3.21. The van der Waals surface area contributed by atoms with E-state index in [-0.39, 0.29) is 50.0 Å². The Balaban J connectivity index is 1.70. The van der Waals surface area contributed by atoms with E-state index in [9.17, 15) is 24.0 Å². The predicted molar refractivity (Wildman–Crippen MR) is 118 cm³/mol. The summed E-state index contributed by atoms with van der Waals surface area (Å²) in [5.41, 5.74) is -0.993. The van der Waals surface area contributed by atoms with Crippen LogP contribution in [0.2, 0.25) is 0 Å². The fourth-order valence-electron chi connectivity index (χ4n) is 3.36. The Labute approximate surface area is 195 Å². The van der Waals surface area contributed by atoms with Crippen LogP contribution in [-0.4, -0.2) is 65.3 Å². The molecule has 0 radical (unpaired) electrons. The number of rotatable bonds is 11. The summed E-state index contributed by atoms with van der Waals surface area (Å²) in [6.07, 6.45) is 0.470. The molecule has 2 fully saturated rings. The molecule has 0 aliphatic carbocycles. The second kappa shape index (κ2) is 10.4. The summed E-state index contributed by atoms with van der Waals surface area (Å²) >= 11 is 0. The molecule has 2 aliphatic rings. The molecule has 186 valence electrons. The van der Waals surface area contributed by atoms with Gasteiger partial charge in [0.15, 0.2) is 0 Å². The Morgan fingerprint density at radius 2 is 1.29 bits per heavy atom. The summed E-state index contributed by atoms with van der Waals surface area (Å²) in [7, 11) is 0. The van der Waals surface area contributed by atoms with Gasteiger partial charge in [0.2, 0.25) is 0 Å². The van der Waals surface area contributed by atoms with E-state index in [1.807, 2.05) is 13.8 Å². The van der Waals surface area contributed by atoms with Crippen LogP contribution in [0.4, 0.5) is 0 Å². The van der Waals surface area contributed by atoms with Gasteiger partial charge in [-0.3, -0.25) is 9.59 Å². The summed E-state index contributed by atoms with van der Waals surface area (Å²) < 4.78 is 22.8. The largest absolute Gasteiger partial charge is 0.465 e. The van der Waals surface area contributed by atoms with Crippen molar-refractivity contribution < 1.29 is 28.5 Å². The van der Waals surface area contributed by atoms with Gasteiger partial charge in [-0.1, -0.05) is 20.4 Å². The van der Waals surface area contributed by atoms with Crippen molar-refractivity contribution in [1.29, 1.82) is 0 Å². The Morgan fingerprint density at radius 1 is 0.882 bits per heavy atom. The molecule has 0 spiro atoms. The number of nitrogens with zero attached hydrogens (tertiary/aromatic N) is 3. The molecule has 0 aromatic carbocycles. The summed E-state index contributed by atoms with van der Waals surface area (Å²) in [6, 6.07) is 0. The zero-order chi connectivity index (χ0) is 24.9. The quantitative estimate of drug-likeness (QED) is 0.300. The van der Waals surface area contributed by atoms with Crippen LogP contribution >= 0.6 is 0 Å². The van der Waals surface area contributed by atoms with E-state index in [1.54, 1.807) is 0 Å². The van der Waals surface area contributed by atoms with Crippen LogP contribution in [0.1, 0.15) is 26.7 Å². The van der Waals surface area contributed by atoms with Gasteiger partial charge in [0, 0.05) is 23.9 Å². The molecule has 0 amide bonds. The minimum absolute atomic E-state index is 0.164. The van der Waals surface area contributed by atoms with Crippen molar-refractivity contribution in [3.8, 4) is 0 Å². The van der Waals surface area contributed by atoms with Crippen LogP contribution in [0, 0.1) is 10.8 Å². The third kappa shape index (κ3) is 5.82. The number of carbonyl (C=O) groups is 2. The van der Waals surface area contributed by atoms with Gasteiger partial charge < -0.3 is 18.9 Å². The summed E-state index contributed by atoms with van der Waals surface area (Å²) in [4.78, 5) is 62.5. The van der Waals surface area contributed by atoms with E-state index < -0.39 is 29.0 Å². The van der Waals surface area contributed by atoms with Crippen LogP contribution < -0.4 is 17.1 Å². The molecule has 0 N–H and O–H groups in total. The average molecular weight is 479 g/mol. The maximum atomic E-state index is 12.9. The molecule has 12 nitrogen and oxygen atoms in total. The van der Waals surface area contributed by atoms with Gasteiger partial charge in [-0.05, 0) is 0 Å². The fourth-order valence-corrected chi connectivity index (χ4v) is 3.36. The summed E-state index contributed by atoms with van der Waals surface area (Å²) in [5, 5.41) is 0. The predicted octanol–water partition coefficient (Wildman–Crippen LogP) is -0.633. The van der Waals surface area contributed by atoms with Crippen LogP contribution in [0.3, 0.4) is 0 Å². The Bertz CT molecular complexity index is 1080. The van der Waals surface area contributed by atoms with E-state index in [4.69, 9.17) is 18.9 Å². The number of hydrogen-bond donors (Lipinski definition) is 0. The lowest BCUT2D eigenvalue weighted by Crippen LogP contribution is -2.53. The highest BCUT2D eigenvalue weighted by atomic mass is 16.6. The minimum Gasteiger partial charge on any atom is -0.465 e. The first-order chi connectivity index (χ1) is 16.1. The molecule has 0 atom stereocenters. The topological polar surface area (TPSA) is 137 Å². The van der Waals surface area contributed by atoms with Crippen molar-refractivity contribution in [2.24, 2.45) is 10.8 Å². The zero-order valence-corrected chi connectivity index (χ0v) is 19.4. The molecule has 2 saturated heterocycles. The van der Waals surface area contributed by atoms with Crippen molar-refractivity contribution in [2.45, 2.75) is 39.8 Å². The van der Waals surface area contributed by atoms with E-state index in [1.165, 1.54) is 0 Å². The maximum Gasteiger partial charge on any atom is 0.341 e. The number of aromatic nitrogens is 3. The molecule has 34 heavy (non-hydrogen) atoms. The molecule has 1 aromatic rings. The normalized spacial score (nSPS) is 17.6. The maximum absolute atomic E-state index is 12.9. The second-order valence-electron chi connectivity index (χ2n) is 9.28. The van der Waals surface area contributed by atoms with Crippen molar-refractivity contribution >= 4 is 18.1 Å². The third-order valence-electron chi connectivity index (χ3n) is 5.60. The minimum atomic E-state index is -0.949. The first-order valence-electron chi connectivity index (χ1n) is 10.9. The molecule has 12 heteroatoms. The van der Waals surface area contributed by atoms with Crippen molar-refractivity contribution in [2.75, 3.05) is 39.6 Å². The zero-order valence-electron chi connectivity index (χ0n) is 19.4. The van der Waals surface area contributed by atoms with E-state index in [0.29, 0.717) is 31.0 Å². The van der Waals surface area contributed by atoms with Gasteiger partial charge in [0.05, 0.1) is 45.5 Å². The van der Waals surface area contributed by atoms with Gasteiger partial charge in [-0.15, -0.1) is 5.73 Å². The number of hydrogen-bond acceptors (Lipinski definition) is 9. The van der Waals surface area contributed by atoms with Gasteiger partial charge in [-0.25, -0.2) is 28.1 Å². The fraction of sp³-hybridized carbons (Fsp3) is 0.636. The van der Waals surface area contributed by atoms with Gasteiger partial charge in [-0.2, -0.15) is 0 Å². The van der Waals surface area contributed by atoms with Gasteiger partial charge in [0.1, 0.15) is 13.2 Å². The van der Waals surface area contributed by atoms with E-state index >= 15 is 0 Å². The van der Waals surface area contributed by atoms with Crippen molar-refractivity contribution in [3.05, 3.63) is 43.8 Å². The monoisotopic (exact) mass is 479 g/mol. The van der Waals surface area contributed by atoms with E-state index in [0.717, 1.165) is 15.3 Å². The van der Waals surface area contributed by atoms with Gasteiger partial charge >= 0.3 is 29.0 Å². The summed E-state index contributed by atoms with van der Waals surface area (Å²) in [6.45, 7) is 8.82. The molecular weight excluding hydrogens is 450 g/mol. The molecule has 0 unspecified atom stereocenters. The highest BCUT2D eigenvalue weighted by Gasteiger charge is 2.35. The van der Waals surface area contributed by atoms with Crippen LogP contribution in [0.5, 0.6) is 0 Å². The molecule has 3 heterocycles. The molecule has 3 rings (SSSR count). The molecule has 0 saturated carbocycles. The molecular formula is C22H29N3O9. The lowest BCUT2D eigenvalue weighted by Gasteiger charge is -2.37. The summed E-state index contributed by atoms with van der Waals surface area (Å²) in [5.74, 6) is -1.19. The lowest BCUT2D eigenvalue weighted by atomic mass is 9.90. The molecule has 0 bridgehead atoms. The second-order valence-corrected chi connectivity index (χ2v) is 9.28. The Morgan fingerprint density at radius 3 is 1.62 bits per heavy atom. The first kappa shape index (κ1) is 25.4. The van der Waals surface area contributed by atoms with Crippen LogP contribution in [0.25, 0.3) is 6.20 Å². The van der Waals surface area contributed by atoms with Crippen molar-refractivity contribution in [1.82, 2.24) is 13.7 Å². The average Bonchev–Trinajstić information content (AvgIpc) is 2.76. The smallest absolute Gasteiger partial charge is 0.341 e. The molecule has 2 aliphatic heterocycles. The lowest BCUT2D eigenvalue weighted by molar-refractivity contribution is -0.166. The number of carbonyl (C=O) groups excluding carboxylic acids is 2. The Kier molecular flexibility index (Phi) is 7.75. The van der Waals surface area contributed by atoms with Crippen LogP contribution in [0.15, 0.2) is 26.7 Å².